The van der Waals surface area contributed by atoms with E-state index in [2.05, 4.69) is 48.9 Å². The number of pyridine rings is 1. The van der Waals surface area contributed by atoms with E-state index in [0.717, 1.165) is 55.1 Å². The highest BCUT2D eigenvalue weighted by Crippen LogP contribution is 2.42. The molecule has 0 atom stereocenters. The lowest BCUT2D eigenvalue weighted by Crippen LogP contribution is -2.39. The molecule has 0 aliphatic carbocycles. The SMILES string of the molecule is [2H]C1([2H])C[Si](C)(C)c2c(-c3c(C#N)ccc4c3oc3c(-c5cccc[n+]5C)c(C)ccc34)cccc21. The Bertz CT molecular complexity index is 1760. The summed E-state index contributed by atoms with van der Waals surface area (Å²) in [6.07, 6.45) is 0.672. The van der Waals surface area contributed by atoms with Crippen LogP contribution in [0.25, 0.3) is 44.3 Å². The fraction of sp³-hybridized carbons (Fsp3) is 0.200. The molecule has 0 fully saturated rings. The molecule has 0 unspecified atom stereocenters. The number of nitriles is 1. The lowest BCUT2D eigenvalue weighted by molar-refractivity contribution is -0.660. The van der Waals surface area contributed by atoms with E-state index in [1.807, 2.05) is 55.7 Å². The fourth-order valence-electron chi connectivity index (χ4n) is 5.51. The predicted molar refractivity (Wildman–Crippen MR) is 141 cm³/mol. The topological polar surface area (TPSA) is 40.8 Å². The number of fused-ring (bicyclic) bond motifs is 4. The smallest absolute Gasteiger partial charge is 0.216 e. The summed E-state index contributed by atoms with van der Waals surface area (Å²) in [5.74, 6) is 0. The number of aromatic nitrogens is 1. The molecule has 0 bridgehead atoms. The van der Waals surface area contributed by atoms with Crippen LogP contribution in [0.15, 0.2) is 71.3 Å². The van der Waals surface area contributed by atoms with Crippen LogP contribution in [-0.2, 0) is 13.4 Å². The molecule has 166 valence electrons. The second-order valence-corrected chi connectivity index (χ2v) is 14.5. The largest absolute Gasteiger partial charge is 0.454 e. The molecule has 4 heteroatoms. The van der Waals surface area contributed by atoms with Crippen LogP contribution in [0, 0.1) is 18.3 Å². The van der Waals surface area contributed by atoms with Gasteiger partial charge in [0, 0.05) is 31.2 Å². The zero-order chi connectivity index (χ0) is 25.4. The van der Waals surface area contributed by atoms with E-state index in [9.17, 15) is 5.26 Å². The predicted octanol–water partition coefficient (Wildman–Crippen LogP) is 6.40. The molecular weight excluding hydrogens is 432 g/mol. The van der Waals surface area contributed by atoms with Gasteiger partial charge in [0.05, 0.1) is 25.3 Å². The van der Waals surface area contributed by atoms with Crippen molar-refractivity contribution in [1.82, 2.24) is 0 Å². The van der Waals surface area contributed by atoms with E-state index in [-0.39, 0.29) is 0 Å². The molecule has 3 heterocycles. The van der Waals surface area contributed by atoms with Gasteiger partial charge in [0.25, 0.3) is 0 Å². The molecule has 34 heavy (non-hydrogen) atoms. The number of aryl methyl sites for hydroxylation is 3. The minimum absolute atomic E-state index is 0.540. The normalized spacial score (nSPS) is 16.8. The highest BCUT2D eigenvalue weighted by atomic mass is 28.3. The van der Waals surface area contributed by atoms with Crippen molar-refractivity contribution >= 4 is 35.2 Å². The number of benzene rings is 3. The summed E-state index contributed by atoms with van der Waals surface area (Å²) in [6, 6.07) is 23.0. The standard InChI is InChI=1S/C30H27N2OSi/c1-19-11-13-22-23-14-12-21(18-31)27(24-9-7-8-20-15-17-34(3,4)30(20)24)29(23)33-28(22)26(19)25-10-5-6-16-32(25)2/h5-14,16H,15,17H2,1-4H3/q+1/i15D2. The first-order valence-electron chi connectivity index (χ1n) is 12.6. The summed E-state index contributed by atoms with van der Waals surface area (Å²) in [4.78, 5) is 0. The average molecular weight is 462 g/mol. The molecule has 2 aromatic heterocycles. The third-order valence-electron chi connectivity index (χ3n) is 7.18. The summed E-state index contributed by atoms with van der Waals surface area (Å²) >= 11 is 0. The molecule has 5 aromatic rings. The van der Waals surface area contributed by atoms with Gasteiger partial charge in [-0.25, -0.2) is 4.57 Å². The Labute approximate surface area is 203 Å². The Hall–Kier alpha value is -3.68. The van der Waals surface area contributed by atoms with Crippen molar-refractivity contribution in [2.75, 3.05) is 0 Å². The highest BCUT2D eigenvalue weighted by molar-refractivity contribution is 6.92. The van der Waals surface area contributed by atoms with E-state index < -0.39 is 14.4 Å². The van der Waals surface area contributed by atoms with Crippen LogP contribution >= 0.6 is 0 Å². The van der Waals surface area contributed by atoms with Crippen LogP contribution in [0.3, 0.4) is 0 Å². The summed E-state index contributed by atoms with van der Waals surface area (Å²) in [6.45, 7) is 6.54. The summed E-state index contributed by atoms with van der Waals surface area (Å²) in [7, 11) is -0.0638. The lowest BCUT2D eigenvalue weighted by Gasteiger charge is -2.21. The van der Waals surface area contributed by atoms with Crippen LogP contribution in [0.2, 0.25) is 19.1 Å². The second-order valence-electron chi connectivity index (χ2n) is 9.88. The maximum atomic E-state index is 10.2. The van der Waals surface area contributed by atoms with Gasteiger partial charge in [0.2, 0.25) is 5.69 Å². The first-order chi connectivity index (χ1) is 17.1. The van der Waals surface area contributed by atoms with Gasteiger partial charge in [-0.3, -0.25) is 0 Å². The zero-order valence-corrected chi connectivity index (χ0v) is 20.9. The molecule has 3 nitrogen and oxygen atoms in total. The van der Waals surface area contributed by atoms with Crippen LogP contribution in [0.1, 0.15) is 19.4 Å². The van der Waals surface area contributed by atoms with E-state index in [1.54, 1.807) is 0 Å². The van der Waals surface area contributed by atoms with Crippen LogP contribution in [0.5, 0.6) is 0 Å². The highest BCUT2D eigenvalue weighted by Gasteiger charge is 2.35. The molecule has 0 N–H and O–H groups in total. The molecule has 0 amide bonds. The van der Waals surface area contributed by atoms with Gasteiger partial charge in [0.1, 0.15) is 18.2 Å². The summed E-state index contributed by atoms with van der Waals surface area (Å²) in [5.41, 5.74) is 7.76. The van der Waals surface area contributed by atoms with Crippen LogP contribution in [-0.4, -0.2) is 8.07 Å². The minimum Gasteiger partial charge on any atom is -0.454 e. The van der Waals surface area contributed by atoms with Crippen molar-refractivity contribution in [3.63, 3.8) is 0 Å². The molecule has 6 rings (SSSR count). The van der Waals surface area contributed by atoms with E-state index in [0.29, 0.717) is 17.2 Å². The Balaban J connectivity index is 1.75. The Morgan fingerprint density at radius 1 is 0.971 bits per heavy atom. The van der Waals surface area contributed by atoms with Crippen molar-refractivity contribution in [3.05, 3.63) is 83.6 Å². The van der Waals surface area contributed by atoms with Crippen molar-refractivity contribution in [2.24, 2.45) is 7.05 Å². The maximum absolute atomic E-state index is 10.2. The first-order valence-corrected chi connectivity index (χ1v) is 14.8. The van der Waals surface area contributed by atoms with E-state index >= 15 is 0 Å². The zero-order valence-electron chi connectivity index (χ0n) is 21.9. The quantitative estimate of drug-likeness (QED) is 0.226. The van der Waals surface area contributed by atoms with E-state index in [1.165, 1.54) is 0 Å². The molecule has 0 radical (unpaired) electrons. The van der Waals surface area contributed by atoms with Gasteiger partial charge in [-0.2, -0.15) is 5.26 Å². The van der Waals surface area contributed by atoms with Crippen molar-refractivity contribution in [1.29, 1.82) is 5.26 Å². The minimum atomic E-state index is -2.09. The Morgan fingerprint density at radius 3 is 2.50 bits per heavy atom. The number of nitrogens with zero attached hydrogens (tertiary/aromatic N) is 2. The molecule has 0 saturated carbocycles. The molecule has 1 aliphatic rings. The van der Waals surface area contributed by atoms with Gasteiger partial charge in [0.15, 0.2) is 6.20 Å². The first kappa shape index (κ1) is 18.7. The third-order valence-corrected chi connectivity index (χ3v) is 10.1. The lowest BCUT2D eigenvalue weighted by atomic mass is 9.95. The number of hydrogen-bond acceptors (Lipinski definition) is 2. The monoisotopic (exact) mass is 461 g/mol. The molecule has 3 aromatic carbocycles. The van der Waals surface area contributed by atoms with Crippen LogP contribution < -0.4 is 9.75 Å². The summed E-state index contributed by atoms with van der Waals surface area (Å²) < 4.78 is 26.3. The number of rotatable bonds is 2. The molecule has 0 spiro atoms. The van der Waals surface area contributed by atoms with Gasteiger partial charge in [-0.05, 0) is 59.4 Å². The maximum Gasteiger partial charge on any atom is 0.216 e. The van der Waals surface area contributed by atoms with Crippen molar-refractivity contribution in [2.45, 2.75) is 32.4 Å². The summed E-state index contributed by atoms with van der Waals surface area (Å²) in [5, 5.41) is 13.2. The van der Waals surface area contributed by atoms with Crippen molar-refractivity contribution < 1.29 is 11.7 Å². The van der Waals surface area contributed by atoms with Crippen LogP contribution in [0.4, 0.5) is 0 Å². The number of furan rings is 1. The second kappa shape index (κ2) is 7.41. The van der Waals surface area contributed by atoms with Gasteiger partial charge < -0.3 is 4.42 Å². The number of hydrogen-bond donors (Lipinski definition) is 0. The van der Waals surface area contributed by atoms with Crippen molar-refractivity contribution in [3.8, 4) is 28.5 Å². The molecule has 1 aliphatic heterocycles. The van der Waals surface area contributed by atoms with Gasteiger partial charge in [-0.1, -0.05) is 43.4 Å². The Morgan fingerprint density at radius 2 is 1.74 bits per heavy atom. The Kier molecular flexibility index (Phi) is 4.08. The molecular formula is C30H27N2OSi+. The van der Waals surface area contributed by atoms with E-state index in [4.69, 9.17) is 7.16 Å². The van der Waals surface area contributed by atoms with Gasteiger partial charge >= 0.3 is 0 Å². The third kappa shape index (κ3) is 2.90. The fourth-order valence-corrected chi connectivity index (χ4v) is 8.15. The van der Waals surface area contributed by atoms with Gasteiger partial charge in [-0.15, -0.1) is 0 Å². The molecule has 0 saturated heterocycles. The average Bonchev–Trinajstić information content (AvgIpc) is 3.30.